The number of aryl methyl sites for hydroxylation is 2. The zero-order chi connectivity index (χ0) is 21.1. The van der Waals surface area contributed by atoms with Gasteiger partial charge in [-0.15, -0.1) is 5.10 Å². The van der Waals surface area contributed by atoms with Gasteiger partial charge in [0.15, 0.2) is 5.82 Å². The quantitative estimate of drug-likeness (QED) is 0.453. The molecule has 1 amide bonds. The van der Waals surface area contributed by atoms with Crippen LogP contribution in [0.1, 0.15) is 28.7 Å². The van der Waals surface area contributed by atoms with Gasteiger partial charge in [-0.1, -0.05) is 61.0 Å². The topological polar surface area (TPSA) is 59.8 Å². The van der Waals surface area contributed by atoms with Crippen molar-refractivity contribution in [3.63, 3.8) is 0 Å². The molecule has 0 fully saturated rings. The molecule has 4 rings (SSSR count). The van der Waals surface area contributed by atoms with Crippen LogP contribution in [0.3, 0.4) is 0 Å². The highest BCUT2D eigenvalue weighted by atomic mass is 35.5. The van der Waals surface area contributed by atoms with Gasteiger partial charge in [0.1, 0.15) is 0 Å². The number of anilines is 1. The first-order valence-corrected chi connectivity index (χ1v) is 10.1. The van der Waals surface area contributed by atoms with Crippen LogP contribution in [0.25, 0.3) is 17.1 Å². The highest BCUT2D eigenvalue weighted by Gasteiger charge is 2.20. The zero-order valence-corrected chi connectivity index (χ0v) is 17.5. The van der Waals surface area contributed by atoms with Crippen LogP contribution in [0, 0.1) is 6.92 Å². The van der Waals surface area contributed by atoms with E-state index in [0.29, 0.717) is 16.5 Å². The van der Waals surface area contributed by atoms with Crippen LogP contribution in [0.15, 0.2) is 72.8 Å². The maximum atomic E-state index is 12.9. The van der Waals surface area contributed by atoms with Crippen LogP contribution < -0.4 is 5.32 Å². The minimum atomic E-state index is -0.366. The number of benzene rings is 3. The van der Waals surface area contributed by atoms with Gasteiger partial charge < -0.3 is 5.32 Å². The Morgan fingerprint density at radius 1 is 1.03 bits per heavy atom. The molecule has 1 heterocycles. The fraction of sp³-hybridized carbons (Fsp3) is 0.125. The fourth-order valence-corrected chi connectivity index (χ4v) is 3.39. The maximum Gasteiger partial charge on any atom is 0.295 e. The summed E-state index contributed by atoms with van der Waals surface area (Å²) in [5.41, 5.74) is 4.57. The van der Waals surface area contributed by atoms with Crippen molar-refractivity contribution in [2.24, 2.45) is 0 Å². The summed E-state index contributed by atoms with van der Waals surface area (Å²) >= 11 is 6.19. The van der Waals surface area contributed by atoms with Crippen LogP contribution in [-0.2, 0) is 6.42 Å². The third kappa shape index (κ3) is 4.11. The van der Waals surface area contributed by atoms with Crippen molar-refractivity contribution in [2.75, 3.05) is 5.32 Å². The molecule has 0 saturated carbocycles. The summed E-state index contributed by atoms with van der Waals surface area (Å²) in [6.07, 6.45) is 0.944. The minimum Gasteiger partial charge on any atom is -0.319 e. The second-order valence-corrected chi connectivity index (χ2v) is 7.41. The number of nitrogens with one attached hydrogen (secondary N) is 1. The van der Waals surface area contributed by atoms with Crippen molar-refractivity contribution >= 4 is 23.2 Å². The number of hydrogen-bond donors (Lipinski definition) is 1. The van der Waals surface area contributed by atoms with Crippen LogP contribution in [-0.4, -0.2) is 20.7 Å². The third-order valence-electron chi connectivity index (χ3n) is 4.86. The third-order valence-corrected chi connectivity index (χ3v) is 5.09. The molecule has 30 heavy (non-hydrogen) atoms. The number of hydrogen-bond acceptors (Lipinski definition) is 3. The molecular formula is C24H21ClN4O. The van der Waals surface area contributed by atoms with E-state index in [1.54, 1.807) is 10.7 Å². The first-order chi connectivity index (χ1) is 14.5. The van der Waals surface area contributed by atoms with Gasteiger partial charge in [0, 0.05) is 16.3 Å². The number of carbonyl (C=O) groups is 1. The van der Waals surface area contributed by atoms with Gasteiger partial charge in [0.25, 0.3) is 5.91 Å². The molecule has 0 bridgehead atoms. The second kappa shape index (κ2) is 8.51. The molecule has 0 atom stereocenters. The molecule has 0 aliphatic rings. The van der Waals surface area contributed by atoms with Gasteiger partial charge in [-0.05, 0) is 54.8 Å². The molecule has 1 aromatic heterocycles. The summed E-state index contributed by atoms with van der Waals surface area (Å²) in [6.45, 7) is 4.08. The first kappa shape index (κ1) is 19.9. The largest absolute Gasteiger partial charge is 0.319 e. The lowest BCUT2D eigenvalue weighted by atomic mass is 10.1. The zero-order valence-electron chi connectivity index (χ0n) is 16.8. The van der Waals surface area contributed by atoms with E-state index in [-0.39, 0.29) is 11.7 Å². The minimum absolute atomic E-state index is 0.0906. The Kier molecular flexibility index (Phi) is 5.63. The van der Waals surface area contributed by atoms with Crippen molar-refractivity contribution in [3.8, 4) is 17.1 Å². The average molecular weight is 417 g/mol. The number of aromatic nitrogens is 3. The Morgan fingerprint density at radius 2 is 1.80 bits per heavy atom. The van der Waals surface area contributed by atoms with Gasteiger partial charge in [0.2, 0.25) is 5.82 Å². The van der Waals surface area contributed by atoms with Gasteiger partial charge in [-0.2, -0.15) is 0 Å². The highest BCUT2D eigenvalue weighted by Crippen LogP contribution is 2.25. The van der Waals surface area contributed by atoms with E-state index in [2.05, 4.69) is 22.3 Å². The Balaban J connectivity index is 1.74. The van der Waals surface area contributed by atoms with Gasteiger partial charge in [0.05, 0.1) is 5.69 Å². The van der Waals surface area contributed by atoms with Gasteiger partial charge >= 0.3 is 0 Å². The van der Waals surface area contributed by atoms with Crippen LogP contribution in [0.5, 0.6) is 0 Å². The molecule has 0 saturated heterocycles. The highest BCUT2D eigenvalue weighted by molar-refractivity contribution is 6.30. The predicted molar refractivity (Wildman–Crippen MR) is 120 cm³/mol. The molecule has 5 nitrogen and oxygen atoms in total. The Bertz CT molecular complexity index is 1200. The number of nitrogens with zero attached hydrogens (tertiary/aromatic N) is 3. The van der Waals surface area contributed by atoms with Crippen LogP contribution in [0.2, 0.25) is 5.02 Å². The molecule has 0 aliphatic heterocycles. The second-order valence-electron chi connectivity index (χ2n) is 6.97. The number of halogens is 1. The van der Waals surface area contributed by atoms with E-state index >= 15 is 0 Å². The molecule has 0 aliphatic carbocycles. The summed E-state index contributed by atoms with van der Waals surface area (Å²) in [5.74, 6) is 0.279. The van der Waals surface area contributed by atoms with Crippen molar-refractivity contribution in [2.45, 2.75) is 20.3 Å². The first-order valence-electron chi connectivity index (χ1n) is 9.74. The van der Waals surface area contributed by atoms with E-state index in [9.17, 15) is 4.79 Å². The molecule has 0 spiro atoms. The molecule has 0 unspecified atom stereocenters. The molecule has 1 N–H and O–H groups in total. The van der Waals surface area contributed by atoms with E-state index in [4.69, 9.17) is 11.6 Å². The van der Waals surface area contributed by atoms with Crippen molar-refractivity contribution < 1.29 is 4.79 Å². The van der Waals surface area contributed by atoms with Crippen LogP contribution in [0.4, 0.5) is 5.69 Å². The van der Waals surface area contributed by atoms with E-state index in [0.717, 1.165) is 23.2 Å². The smallest absolute Gasteiger partial charge is 0.295 e. The fourth-order valence-electron chi connectivity index (χ4n) is 3.20. The van der Waals surface area contributed by atoms with Crippen molar-refractivity contribution in [1.29, 1.82) is 0 Å². The number of carbonyl (C=O) groups excluding carboxylic acids is 1. The number of rotatable bonds is 5. The van der Waals surface area contributed by atoms with Gasteiger partial charge in [-0.3, -0.25) is 4.79 Å². The molecule has 150 valence electrons. The normalized spacial score (nSPS) is 10.8. The lowest BCUT2D eigenvalue weighted by Gasteiger charge is -2.08. The Morgan fingerprint density at radius 3 is 2.50 bits per heavy atom. The summed E-state index contributed by atoms with van der Waals surface area (Å²) < 4.78 is 1.69. The molecular weight excluding hydrogens is 396 g/mol. The van der Waals surface area contributed by atoms with Crippen molar-refractivity contribution in [3.05, 3.63) is 94.8 Å². The van der Waals surface area contributed by atoms with Gasteiger partial charge in [-0.25, -0.2) is 9.67 Å². The average Bonchev–Trinajstić information content (AvgIpc) is 3.20. The monoisotopic (exact) mass is 416 g/mol. The summed E-state index contributed by atoms with van der Waals surface area (Å²) in [4.78, 5) is 17.4. The van der Waals surface area contributed by atoms with E-state index in [1.165, 1.54) is 5.56 Å². The Labute approximate surface area is 180 Å². The summed E-state index contributed by atoms with van der Waals surface area (Å²) in [7, 11) is 0. The van der Waals surface area contributed by atoms with E-state index in [1.807, 2.05) is 73.7 Å². The number of para-hydroxylation sites is 1. The Hall–Kier alpha value is -3.44. The molecule has 3 aromatic carbocycles. The van der Waals surface area contributed by atoms with Crippen LogP contribution >= 0.6 is 11.6 Å². The summed E-state index contributed by atoms with van der Waals surface area (Å²) in [5, 5.41) is 7.99. The lowest BCUT2D eigenvalue weighted by molar-refractivity contribution is 0.101. The SMILES string of the molecule is CCc1ccc(NC(=O)c2nc(-c3cccc(Cl)c3)n(-c3ccccc3C)n2)cc1. The lowest BCUT2D eigenvalue weighted by Crippen LogP contribution is -2.14. The number of amides is 1. The maximum absolute atomic E-state index is 12.9. The molecule has 4 aromatic rings. The summed E-state index contributed by atoms with van der Waals surface area (Å²) in [6, 6.07) is 22.9. The predicted octanol–water partition coefficient (Wildman–Crippen LogP) is 5.71. The molecule has 0 radical (unpaired) electrons. The van der Waals surface area contributed by atoms with E-state index < -0.39 is 0 Å². The van der Waals surface area contributed by atoms with Crippen molar-refractivity contribution in [1.82, 2.24) is 14.8 Å². The molecule has 6 heteroatoms. The standard InChI is InChI=1S/C24H21ClN4O/c1-3-17-11-13-20(14-12-17)26-24(30)22-27-23(18-8-6-9-19(25)15-18)29(28-22)21-10-5-4-7-16(21)2/h4-15H,3H2,1-2H3,(H,26,30).